The summed E-state index contributed by atoms with van der Waals surface area (Å²) in [6.45, 7) is 7.79. The maximum Gasteiger partial charge on any atom is 0.416 e. The summed E-state index contributed by atoms with van der Waals surface area (Å²) in [5, 5.41) is 0. The summed E-state index contributed by atoms with van der Waals surface area (Å²) in [4.78, 5) is 14.3. The van der Waals surface area contributed by atoms with E-state index in [1.54, 1.807) is 12.1 Å². The van der Waals surface area contributed by atoms with Crippen molar-refractivity contribution >= 4 is 5.97 Å². The van der Waals surface area contributed by atoms with Crippen molar-refractivity contribution in [1.29, 1.82) is 0 Å². The van der Waals surface area contributed by atoms with Crippen LogP contribution in [0.15, 0.2) is 36.4 Å². The molecule has 0 amide bonds. The Hall–Kier alpha value is -2.81. The molecule has 0 saturated carbocycles. The van der Waals surface area contributed by atoms with Gasteiger partial charge in [0.2, 0.25) is 0 Å². The highest BCUT2D eigenvalue weighted by atomic mass is 19.4. The van der Waals surface area contributed by atoms with Gasteiger partial charge in [-0.3, -0.25) is 4.79 Å². The van der Waals surface area contributed by atoms with E-state index in [1.165, 1.54) is 0 Å². The molecule has 2 aromatic rings. The first kappa shape index (κ1) is 26.3. The number of piperidine rings is 1. The predicted molar refractivity (Wildman–Crippen MR) is 125 cm³/mol. The van der Waals surface area contributed by atoms with Gasteiger partial charge in [0.15, 0.2) is 0 Å². The van der Waals surface area contributed by atoms with E-state index in [2.05, 4.69) is 4.90 Å². The van der Waals surface area contributed by atoms with Crippen LogP contribution in [0.1, 0.15) is 56.7 Å². The van der Waals surface area contributed by atoms with Crippen LogP contribution in [-0.2, 0) is 27.7 Å². The number of halogens is 4. The topological polar surface area (TPSA) is 48.0 Å². The number of ether oxygens (including phenoxy) is 3. The summed E-state index contributed by atoms with van der Waals surface area (Å²) in [6.07, 6.45) is -2.61. The molecule has 0 atom stereocenters. The zero-order valence-electron chi connectivity index (χ0n) is 20.7. The van der Waals surface area contributed by atoms with Crippen LogP contribution in [-0.4, -0.2) is 42.7 Å². The minimum absolute atomic E-state index is 0.148. The van der Waals surface area contributed by atoms with Crippen LogP contribution in [0.3, 0.4) is 0 Å². The highest BCUT2D eigenvalue weighted by Crippen LogP contribution is 2.47. The van der Waals surface area contributed by atoms with Gasteiger partial charge in [-0.1, -0.05) is 12.1 Å². The number of rotatable bonds is 6. The molecule has 0 radical (unpaired) electrons. The lowest BCUT2D eigenvalue weighted by molar-refractivity contribution is -0.155. The summed E-state index contributed by atoms with van der Waals surface area (Å²) < 4.78 is 70.7. The molecule has 0 unspecified atom stereocenters. The van der Waals surface area contributed by atoms with Gasteiger partial charge in [-0.05, 0) is 64.9 Å². The van der Waals surface area contributed by atoms with Crippen molar-refractivity contribution in [1.82, 2.24) is 4.90 Å². The molecule has 1 fully saturated rings. The number of likely N-dealkylation sites (tertiary alicyclic amines) is 1. The molecule has 2 aromatic carbocycles. The number of carbonyl (C=O) groups excluding carboxylic acids is 1. The predicted octanol–water partition coefficient (Wildman–Crippen LogP) is 5.88. The Morgan fingerprint density at radius 2 is 1.83 bits per heavy atom. The number of fused-ring (bicyclic) bond motifs is 2. The Morgan fingerprint density at radius 3 is 2.50 bits per heavy atom. The first-order valence-corrected chi connectivity index (χ1v) is 12.1. The van der Waals surface area contributed by atoms with Crippen molar-refractivity contribution in [3.8, 4) is 11.5 Å². The maximum atomic E-state index is 14.1. The molecule has 0 N–H and O–H groups in total. The molecule has 196 valence electrons. The second kappa shape index (κ2) is 9.92. The van der Waals surface area contributed by atoms with E-state index in [1.807, 2.05) is 26.8 Å². The molecule has 4 rings (SSSR count). The monoisotopic (exact) mass is 509 g/mol. The average molecular weight is 510 g/mol. The third-order valence-corrected chi connectivity index (χ3v) is 6.70. The molecule has 0 bridgehead atoms. The maximum absolute atomic E-state index is 14.1. The fourth-order valence-electron chi connectivity index (χ4n) is 4.83. The Balaban J connectivity index is 1.36. The summed E-state index contributed by atoms with van der Waals surface area (Å²) in [7, 11) is 0. The van der Waals surface area contributed by atoms with Gasteiger partial charge in [-0.2, -0.15) is 13.2 Å². The average Bonchev–Trinajstić information content (AvgIpc) is 3.13. The fourth-order valence-corrected chi connectivity index (χ4v) is 4.83. The van der Waals surface area contributed by atoms with Crippen molar-refractivity contribution in [2.24, 2.45) is 0 Å². The molecule has 9 heteroatoms. The zero-order valence-corrected chi connectivity index (χ0v) is 20.7. The molecule has 0 aromatic heterocycles. The van der Waals surface area contributed by atoms with Crippen LogP contribution in [0, 0.1) is 5.82 Å². The second-order valence-corrected chi connectivity index (χ2v) is 10.5. The molecule has 5 nitrogen and oxygen atoms in total. The quantitative estimate of drug-likeness (QED) is 0.360. The van der Waals surface area contributed by atoms with Crippen molar-refractivity contribution in [3.05, 3.63) is 58.9 Å². The number of carbonyl (C=O) groups is 1. The first-order chi connectivity index (χ1) is 16.9. The SMILES string of the molecule is CC(C)(C)OC(=O)CCN1CCC2(CC1)COc1cc(OCc3c(F)cccc3C(F)(F)F)ccc12. The van der Waals surface area contributed by atoms with Gasteiger partial charge in [0, 0.05) is 29.2 Å². The zero-order chi connectivity index (χ0) is 26.1. The van der Waals surface area contributed by atoms with Crippen molar-refractivity contribution in [2.45, 2.75) is 63.8 Å². The van der Waals surface area contributed by atoms with Gasteiger partial charge in [0.05, 0.1) is 18.6 Å². The van der Waals surface area contributed by atoms with Gasteiger partial charge in [-0.15, -0.1) is 0 Å². The highest BCUT2D eigenvalue weighted by Gasteiger charge is 2.43. The molecule has 1 spiro atoms. The van der Waals surface area contributed by atoms with Gasteiger partial charge in [0.25, 0.3) is 0 Å². The van der Waals surface area contributed by atoms with Crippen LogP contribution < -0.4 is 9.47 Å². The van der Waals surface area contributed by atoms with E-state index >= 15 is 0 Å². The highest BCUT2D eigenvalue weighted by molar-refractivity contribution is 5.70. The molecule has 2 aliphatic heterocycles. The van der Waals surface area contributed by atoms with Crippen LogP contribution in [0.5, 0.6) is 11.5 Å². The first-order valence-electron chi connectivity index (χ1n) is 12.1. The normalized spacial score (nSPS) is 17.5. The van der Waals surface area contributed by atoms with E-state index < -0.39 is 35.3 Å². The molecule has 0 aliphatic carbocycles. The largest absolute Gasteiger partial charge is 0.492 e. The second-order valence-electron chi connectivity index (χ2n) is 10.5. The Bertz CT molecular complexity index is 1100. The van der Waals surface area contributed by atoms with E-state index in [0.717, 1.165) is 49.7 Å². The van der Waals surface area contributed by atoms with Gasteiger partial charge in [-0.25, -0.2) is 4.39 Å². The van der Waals surface area contributed by atoms with Gasteiger partial charge < -0.3 is 19.1 Å². The smallest absolute Gasteiger partial charge is 0.416 e. The fraction of sp³-hybridized carbons (Fsp3) is 0.519. The molecule has 36 heavy (non-hydrogen) atoms. The van der Waals surface area contributed by atoms with Crippen molar-refractivity contribution in [2.75, 3.05) is 26.2 Å². The number of nitrogens with zero attached hydrogens (tertiary/aromatic N) is 1. The lowest BCUT2D eigenvalue weighted by Crippen LogP contribution is -2.44. The molecule has 1 saturated heterocycles. The lowest BCUT2D eigenvalue weighted by atomic mass is 9.74. The summed E-state index contributed by atoms with van der Waals surface area (Å²) in [5.41, 5.74) is -1.17. The van der Waals surface area contributed by atoms with Crippen LogP contribution in [0.2, 0.25) is 0 Å². The third-order valence-electron chi connectivity index (χ3n) is 6.70. The minimum Gasteiger partial charge on any atom is -0.492 e. The number of hydrogen-bond acceptors (Lipinski definition) is 5. The molecular weight excluding hydrogens is 478 g/mol. The van der Waals surface area contributed by atoms with Gasteiger partial charge >= 0.3 is 12.1 Å². The Kier molecular flexibility index (Phi) is 7.23. The Labute approximate surface area is 208 Å². The van der Waals surface area contributed by atoms with E-state index in [0.29, 0.717) is 31.1 Å². The number of esters is 1. The summed E-state index contributed by atoms with van der Waals surface area (Å²) in [5.74, 6) is -0.210. The number of benzene rings is 2. The number of alkyl halides is 3. The molecule has 2 aliphatic rings. The van der Waals surface area contributed by atoms with Crippen molar-refractivity contribution < 1.29 is 36.6 Å². The lowest BCUT2D eigenvalue weighted by Gasteiger charge is -2.38. The number of hydrogen-bond donors (Lipinski definition) is 0. The summed E-state index contributed by atoms with van der Waals surface area (Å²) >= 11 is 0. The Morgan fingerprint density at radius 1 is 1.11 bits per heavy atom. The third kappa shape index (κ3) is 5.94. The summed E-state index contributed by atoms with van der Waals surface area (Å²) in [6, 6.07) is 8.11. The van der Waals surface area contributed by atoms with E-state index in [9.17, 15) is 22.4 Å². The van der Waals surface area contributed by atoms with Crippen LogP contribution in [0.25, 0.3) is 0 Å². The molecular formula is C27H31F4NO4. The van der Waals surface area contributed by atoms with E-state index in [4.69, 9.17) is 14.2 Å². The standard InChI is InChI=1S/C27H31F4NO4/c1-25(2,3)36-24(33)9-12-32-13-10-26(11-14-32)17-35-23-15-18(7-8-21(23)26)34-16-19-20(27(29,30)31)5-4-6-22(19)28/h4-8,15H,9-14,16-17H2,1-3H3. The van der Waals surface area contributed by atoms with E-state index in [-0.39, 0.29) is 11.4 Å². The van der Waals surface area contributed by atoms with Crippen LogP contribution >= 0.6 is 0 Å². The van der Waals surface area contributed by atoms with Crippen molar-refractivity contribution in [3.63, 3.8) is 0 Å². The van der Waals surface area contributed by atoms with Gasteiger partial charge in [0.1, 0.15) is 29.5 Å². The van der Waals surface area contributed by atoms with Crippen LogP contribution in [0.4, 0.5) is 17.6 Å². The minimum atomic E-state index is -4.67. The molecule has 2 heterocycles.